The number of fused-ring (bicyclic) bond motifs is 1. The first-order valence-corrected chi connectivity index (χ1v) is 5.90. The van der Waals surface area contributed by atoms with E-state index < -0.39 is 0 Å². The fraction of sp³-hybridized carbons (Fsp3) is 0.250. The van der Waals surface area contributed by atoms with Crippen molar-refractivity contribution in [2.24, 2.45) is 0 Å². The van der Waals surface area contributed by atoms with E-state index in [0.29, 0.717) is 11.7 Å². The van der Waals surface area contributed by atoms with E-state index >= 15 is 0 Å². The minimum Gasteiger partial charge on any atom is -0.383 e. The number of aromatic nitrogens is 1. The first-order valence-electron chi connectivity index (χ1n) is 5.11. The first-order chi connectivity index (χ1) is 7.27. The summed E-state index contributed by atoms with van der Waals surface area (Å²) in [5.41, 5.74) is 7.07. The molecule has 2 aromatic rings. The smallest absolute Gasteiger partial charge is 0.138 e. The van der Waals surface area contributed by atoms with Gasteiger partial charge in [0.05, 0.1) is 10.2 Å². The van der Waals surface area contributed by atoms with Crippen LogP contribution in [0, 0.1) is 0 Å². The number of anilines is 1. The van der Waals surface area contributed by atoms with Crippen LogP contribution >= 0.6 is 15.9 Å². The lowest BCUT2D eigenvalue weighted by atomic mass is 10.1. The van der Waals surface area contributed by atoms with Gasteiger partial charge in [-0.2, -0.15) is 0 Å². The molecule has 15 heavy (non-hydrogen) atoms. The first kappa shape index (κ1) is 9.16. The van der Waals surface area contributed by atoms with Gasteiger partial charge in [-0.3, -0.25) is 0 Å². The van der Waals surface area contributed by atoms with Crippen molar-refractivity contribution in [2.75, 3.05) is 5.73 Å². The van der Waals surface area contributed by atoms with E-state index in [1.165, 1.54) is 29.3 Å². The van der Waals surface area contributed by atoms with Crippen LogP contribution in [-0.4, -0.2) is 4.98 Å². The van der Waals surface area contributed by atoms with Crippen molar-refractivity contribution in [1.29, 1.82) is 0 Å². The molecule has 0 spiro atoms. The molecule has 0 aliphatic heterocycles. The molecule has 0 bridgehead atoms. The van der Waals surface area contributed by atoms with E-state index in [2.05, 4.69) is 39.1 Å². The Morgan fingerprint density at radius 3 is 2.53 bits per heavy atom. The molecule has 1 aromatic carbocycles. The number of rotatable bonds is 1. The lowest BCUT2D eigenvalue weighted by molar-refractivity contribution is 1.05. The molecule has 2 nitrogen and oxygen atoms in total. The van der Waals surface area contributed by atoms with Crippen LogP contribution in [0.4, 0.5) is 5.82 Å². The molecule has 1 aliphatic rings. The zero-order chi connectivity index (χ0) is 10.4. The van der Waals surface area contributed by atoms with E-state index in [4.69, 9.17) is 5.73 Å². The molecule has 1 aliphatic carbocycles. The van der Waals surface area contributed by atoms with Gasteiger partial charge in [0.15, 0.2) is 0 Å². The summed E-state index contributed by atoms with van der Waals surface area (Å²) in [5.74, 6) is 1.24. The van der Waals surface area contributed by atoms with E-state index in [1.807, 2.05) is 6.07 Å². The maximum absolute atomic E-state index is 5.89. The van der Waals surface area contributed by atoms with Crippen molar-refractivity contribution in [2.45, 2.75) is 18.8 Å². The Morgan fingerprint density at radius 1 is 1.20 bits per heavy atom. The Kier molecular flexibility index (Phi) is 1.96. The third-order valence-electron chi connectivity index (χ3n) is 2.87. The molecule has 0 radical (unpaired) electrons. The van der Waals surface area contributed by atoms with Crippen LogP contribution in [0.5, 0.6) is 0 Å². The number of hydrogen-bond acceptors (Lipinski definition) is 2. The SMILES string of the molecule is Nc1nc(C2CC2)c2ccccc2c1Br. The summed E-state index contributed by atoms with van der Waals surface area (Å²) in [6.07, 6.45) is 2.50. The zero-order valence-electron chi connectivity index (χ0n) is 8.20. The van der Waals surface area contributed by atoms with Crippen molar-refractivity contribution < 1.29 is 0 Å². The molecule has 1 fully saturated rings. The Balaban J connectivity index is 2.39. The third kappa shape index (κ3) is 1.42. The number of halogens is 1. The zero-order valence-corrected chi connectivity index (χ0v) is 9.79. The summed E-state index contributed by atoms with van der Waals surface area (Å²) in [6.45, 7) is 0. The molecule has 2 N–H and O–H groups in total. The summed E-state index contributed by atoms with van der Waals surface area (Å²) in [7, 11) is 0. The second kappa shape index (κ2) is 3.20. The highest BCUT2D eigenvalue weighted by atomic mass is 79.9. The molecule has 1 aromatic heterocycles. The summed E-state index contributed by atoms with van der Waals surface area (Å²) in [6, 6.07) is 8.30. The molecule has 1 heterocycles. The molecule has 1 saturated carbocycles. The summed E-state index contributed by atoms with van der Waals surface area (Å²) in [4.78, 5) is 4.49. The van der Waals surface area contributed by atoms with Crippen molar-refractivity contribution in [3.8, 4) is 0 Å². The normalized spacial score (nSPS) is 15.8. The standard InChI is InChI=1S/C12H11BrN2/c13-10-8-3-1-2-4-9(8)11(7-5-6-7)15-12(10)14/h1-4,7H,5-6H2,(H2,14,15). The molecule has 0 saturated heterocycles. The van der Waals surface area contributed by atoms with Crippen LogP contribution in [0.1, 0.15) is 24.5 Å². The van der Waals surface area contributed by atoms with Crippen LogP contribution < -0.4 is 5.73 Å². The minimum absolute atomic E-state index is 0.607. The molecule has 76 valence electrons. The number of hydrogen-bond donors (Lipinski definition) is 1. The average Bonchev–Trinajstić information content (AvgIpc) is 3.07. The molecule has 0 atom stereocenters. The van der Waals surface area contributed by atoms with Gasteiger partial charge in [-0.05, 0) is 28.8 Å². The van der Waals surface area contributed by atoms with Crippen molar-refractivity contribution in [1.82, 2.24) is 4.98 Å². The van der Waals surface area contributed by atoms with Crippen LogP contribution in [0.15, 0.2) is 28.7 Å². The number of nitrogen functional groups attached to an aromatic ring is 1. The summed E-state index contributed by atoms with van der Waals surface area (Å²) >= 11 is 3.50. The number of nitrogens with two attached hydrogens (primary N) is 1. The Hall–Kier alpha value is -1.09. The van der Waals surface area contributed by atoms with Crippen LogP contribution in [0.25, 0.3) is 10.8 Å². The van der Waals surface area contributed by atoms with Crippen LogP contribution in [-0.2, 0) is 0 Å². The fourth-order valence-corrected chi connectivity index (χ4v) is 2.38. The van der Waals surface area contributed by atoms with Gasteiger partial charge in [0, 0.05) is 16.7 Å². The molecule has 3 heteroatoms. The van der Waals surface area contributed by atoms with Gasteiger partial charge < -0.3 is 5.73 Å². The quantitative estimate of drug-likeness (QED) is 0.855. The van der Waals surface area contributed by atoms with Crippen molar-refractivity contribution in [3.63, 3.8) is 0 Å². The average molecular weight is 263 g/mol. The highest BCUT2D eigenvalue weighted by Crippen LogP contribution is 2.44. The third-order valence-corrected chi connectivity index (χ3v) is 3.70. The lowest BCUT2D eigenvalue weighted by Gasteiger charge is -2.08. The maximum atomic E-state index is 5.89. The maximum Gasteiger partial charge on any atom is 0.138 e. The van der Waals surface area contributed by atoms with Gasteiger partial charge in [0.1, 0.15) is 5.82 Å². The second-order valence-corrected chi connectivity index (χ2v) is 4.81. The fourth-order valence-electron chi connectivity index (χ4n) is 1.94. The van der Waals surface area contributed by atoms with Gasteiger partial charge >= 0.3 is 0 Å². The number of nitrogens with zero attached hydrogens (tertiary/aromatic N) is 1. The second-order valence-electron chi connectivity index (χ2n) is 4.02. The van der Waals surface area contributed by atoms with E-state index in [0.717, 1.165) is 4.47 Å². The van der Waals surface area contributed by atoms with E-state index in [1.54, 1.807) is 0 Å². The molecule has 0 unspecified atom stereocenters. The van der Waals surface area contributed by atoms with Gasteiger partial charge in [-0.15, -0.1) is 0 Å². The van der Waals surface area contributed by atoms with Crippen molar-refractivity contribution in [3.05, 3.63) is 34.4 Å². The summed E-state index contributed by atoms with van der Waals surface area (Å²) < 4.78 is 0.919. The van der Waals surface area contributed by atoms with Crippen LogP contribution in [0.2, 0.25) is 0 Å². The van der Waals surface area contributed by atoms with Crippen molar-refractivity contribution >= 4 is 32.5 Å². The monoisotopic (exact) mass is 262 g/mol. The highest BCUT2D eigenvalue weighted by molar-refractivity contribution is 9.10. The van der Waals surface area contributed by atoms with Gasteiger partial charge in [-0.1, -0.05) is 24.3 Å². The van der Waals surface area contributed by atoms with E-state index in [9.17, 15) is 0 Å². The van der Waals surface area contributed by atoms with Gasteiger partial charge in [0.25, 0.3) is 0 Å². The molecule has 0 amide bonds. The Bertz CT molecular complexity index is 532. The summed E-state index contributed by atoms with van der Waals surface area (Å²) in [5, 5.41) is 2.41. The molecule has 3 rings (SSSR count). The molecular formula is C12H11BrN2. The Morgan fingerprint density at radius 2 is 1.87 bits per heavy atom. The van der Waals surface area contributed by atoms with Gasteiger partial charge in [-0.25, -0.2) is 4.98 Å². The van der Waals surface area contributed by atoms with Gasteiger partial charge in [0.2, 0.25) is 0 Å². The Labute approximate surface area is 96.6 Å². The minimum atomic E-state index is 0.607. The topological polar surface area (TPSA) is 38.9 Å². The van der Waals surface area contributed by atoms with E-state index in [-0.39, 0.29) is 0 Å². The predicted molar refractivity (Wildman–Crippen MR) is 65.8 cm³/mol. The molecular weight excluding hydrogens is 252 g/mol. The van der Waals surface area contributed by atoms with Crippen LogP contribution in [0.3, 0.4) is 0 Å². The largest absolute Gasteiger partial charge is 0.383 e. The predicted octanol–water partition coefficient (Wildman–Crippen LogP) is 3.46. The number of benzene rings is 1. The highest BCUT2D eigenvalue weighted by Gasteiger charge is 2.27. The number of pyridine rings is 1. The lowest BCUT2D eigenvalue weighted by Crippen LogP contribution is -1.97.